The SMILES string of the molecule is C1=CCCC=C1.CC.CN. The molecule has 0 heterocycles. The van der Waals surface area contributed by atoms with Gasteiger partial charge in [0.2, 0.25) is 0 Å². The molecule has 1 aliphatic carbocycles. The molecular formula is C9H19N. The lowest BCUT2D eigenvalue weighted by Gasteiger charge is -1.88. The Balaban J connectivity index is 0. The zero-order valence-corrected chi connectivity index (χ0v) is 7.30. The summed E-state index contributed by atoms with van der Waals surface area (Å²) in [5.74, 6) is 0. The molecule has 2 N–H and O–H groups in total. The molecule has 1 rings (SSSR count). The quantitative estimate of drug-likeness (QED) is 0.551. The fourth-order valence-electron chi connectivity index (χ4n) is 0.542. The lowest BCUT2D eigenvalue weighted by Crippen LogP contribution is -1.69. The van der Waals surface area contributed by atoms with E-state index in [-0.39, 0.29) is 0 Å². The summed E-state index contributed by atoms with van der Waals surface area (Å²) in [4.78, 5) is 0. The highest BCUT2D eigenvalue weighted by atomic mass is 14.4. The minimum Gasteiger partial charge on any atom is -0.333 e. The fourth-order valence-corrected chi connectivity index (χ4v) is 0.542. The van der Waals surface area contributed by atoms with Crippen LogP contribution >= 0.6 is 0 Å². The molecule has 1 aliphatic rings. The van der Waals surface area contributed by atoms with Crippen LogP contribution in [0.2, 0.25) is 0 Å². The Morgan fingerprint density at radius 3 is 1.30 bits per heavy atom. The third-order valence-corrected chi connectivity index (χ3v) is 0.883. The highest BCUT2D eigenvalue weighted by molar-refractivity contribution is 5.07. The van der Waals surface area contributed by atoms with E-state index in [2.05, 4.69) is 30.0 Å². The van der Waals surface area contributed by atoms with Gasteiger partial charge in [-0.1, -0.05) is 38.2 Å². The van der Waals surface area contributed by atoms with Gasteiger partial charge >= 0.3 is 0 Å². The molecule has 0 spiro atoms. The molecule has 0 aromatic rings. The molecule has 10 heavy (non-hydrogen) atoms. The largest absolute Gasteiger partial charge is 0.333 e. The summed E-state index contributed by atoms with van der Waals surface area (Å²) in [5.41, 5.74) is 4.50. The van der Waals surface area contributed by atoms with Gasteiger partial charge in [-0.25, -0.2) is 0 Å². The zero-order chi connectivity index (χ0) is 8.24. The van der Waals surface area contributed by atoms with E-state index in [0.717, 1.165) is 0 Å². The van der Waals surface area contributed by atoms with Crippen molar-refractivity contribution >= 4 is 0 Å². The fraction of sp³-hybridized carbons (Fsp3) is 0.556. The van der Waals surface area contributed by atoms with Crippen molar-refractivity contribution in [3.63, 3.8) is 0 Å². The van der Waals surface area contributed by atoms with Crippen LogP contribution in [-0.4, -0.2) is 7.05 Å². The van der Waals surface area contributed by atoms with Crippen LogP contribution in [0.15, 0.2) is 24.3 Å². The number of allylic oxidation sites excluding steroid dienone is 4. The first-order valence-electron chi connectivity index (χ1n) is 3.89. The lowest BCUT2D eigenvalue weighted by molar-refractivity contribution is 1.04. The minimum absolute atomic E-state index is 1.23. The Kier molecular flexibility index (Phi) is 19.2. The molecule has 0 saturated heterocycles. The molecule has 0 atom stereocenters. The average Bonchev–Trinajstić information content (AvgIpc) is 2.14. The van der Waals surface area contributed by atoms with E-state index < -0.39 is 0 Å². The molecule has 0 aromatic heterocycles. The molecule has 0 aliphatic heterocycles. The van der Waals surface area contributed by atoms with E-state index in [1.54, 1.807) is 0 Å². The van der Waals surface area contributed by atoms with Gasteiger partial charge < -0.3 is 5.73 Å². The van der Waals surface area contributed by atoms with E-state index >= 15 is 0 Å². The Morgan fingerprint density at radius 2 is 1.20 bits per heavy atom. The molecule has 1 heteroatoms. The summed E-state index contributed by atoms with van der Waals surface area (Å²) in [6.07, 6.45) is 11.0. The standard InChI is InChI=1S/C6H8.C2H6.CH5N/c1-2-4-6-5-3-1;2*1-2/h1-4H,5-6H2;1-2H3;2H2,1H3. The average molecular weight is 141 g/mol. The molecule has 0 radical (unpaired) electrons. The maximum absolute atomic E-state index is 4.50. The summed E-state index contributed by atoms with van der Waals surface area (Å²) >= 11 is 0. The first-order chi connectivity index (χ1) is 5.00. The summed E-state index contributed by atoms with van der Waals surface area (Å²) in [6, 6.07) is 0. The second-order valence-corrected chi connectivity index (χ2v) is 1.43. The van der Waals surface area contributed by atoms with Crippen LogP contribution in [0.3, 0.4) is 0 Å². The topological polar surface area (TPSA) is 26.0 Å². The lowest BCUT2D eigenvalue weighted by atomic mass is 10.2. The van der Waals surface area contributed by atoms with Crippen molar-refractivity contribution in [1.82, 2.24) is 0 Å². The number of hydrogen-bond donors (Lipinski definition) is 1. The maximum Gasteiger partial charge on any atom is -0.0195 e. The van der Waals surface area contributed by atoms with Crippen molar-refractivity contribution in [1.29, 1.82) is 0 Å². The van der Waals surface area contributed by atoms with Gasteiger partial charge in [0.1, 0.15) is 0 Å². The van der Waals surface area contributed by atoms with Gasteiger partial charge in [0, 0.05) is 0 Å². The Morgan fingerprint density at radius 1 is 0.900 bits per heavy atom. The van der Waals surface area contributed by atoms with Crippen LogP contribution < -0.4 is 5.73 Å². The summed E-state index contributed by atoms with van der Waals surface area (Å²) < 4.78 is 0. The van der Waals surface area contributed by atoms with Crippen molar-refractivity contribution in [2.45, 2.75) is 26.7 Å². The number of rotatable bonds is 0. The van der Waals surface area contributed by atoms with Crippen molar-refractivity contribution in [3.8, 4) is 0 Å². The van der Waals surface area contributed by atoms with Crippen LogP contribution in [0.25, 0.3) is 0 Å². The van der Waals surface area contributed by atoms with Crippen molar-refractivity contribution in [2.24, 2.45) is 5.73 Å². The predicted octanol–water partition coefficient (Wildman–Crippen LogP) is 2.49. The second-order valence-electron chi connectivity index (χ2n) is 1.43. The normalized spacial score (nSPS) is 12.4. The number of nitrogens with two attached hydrogens (primary N) is 1. The van der Waals surface area contributed by atoms with Crippen molar-refractivity contribution < 1.29 is 0 Å². The molecule has 0 aromatic carbocycles. The second kappa shape index (κ2) is 15.8. The van der Waals surface area contributed by atoms with E-state index in [0.29, 0.717) is 0 Å². The Bertz CT molecular complexity index is 70.7. The minimum atomic E-state index is 1.23. The van der Waals surface area contributed by atoms with Crippen LogP contribution in [-0.2, 0) is 0 Å². The van der Waals surface area contributed by atoms with Crippen LogP contribution in [0.4, 0.5) is 0 Å². The third kappa shape index (κ3) is 10.4. The third-order valence-electron chi connectivity index (χ3n) is 0.883. The highest BCUT2D eigenvalue weighted by Gasteiger charge is 1.77. The van der Waals surface area contributed by atoms with Crippen LogP contribution in [0, 0.1) is 0 Å². The maximum atomic E-state index is 4.50. The van der Waals surface area contributed by atoms with Gasteiger partial charge in [0.25, 0.3) is 0 Å². The molecule has 1 nitrogen and oxygen atoms in total. The van der Waals surface area contributed by atoms with Gasteiger partial charge in [-0.2, -0.15) is 0 Å². The van der Waals surface area contributed by atoms with E-state index in [1.807, 2.05) is 13.8 Å². The smallest absolute Gasteiger partial charge is 0.0195 e. The molecule has 0 fully saturated rings. The van der Waals surface area contributed by atoms with E-state index in [9.17, 15) is 0 Å². The molecule has 60 valence electrons. The van der Waals surface area contributed by atoms with Crippen LogP contribution in [0.5, 0.6) is 0 Å². The molecule has 0 unspecified atom stereocenters. The van der Waals surface area contributed by atoms with Crippen LogP contribution in [0.1, 0.15) is 26.7 Å². The van der Waals surface area contributed by atoms with Gasteiger partial charge in [-0.05, 0) is 19.9 Å². The van der Waals surface area contributed by atoms with E-state index in [1.165, 1.54) is 19.9 Å². The summed E-state index contributed by atoms with van der Waals surface area (Å²) in [5, 5.41) is 0. The highest BCUT2D eigenvalue weighted by Crippen LogP contribution is 1.98. The van der Waals surface area contributed by atoms with Gasteiger partial charge in [-0.3, -0.25) is 0 Å². The van der Waals surface area contributed by atoms with Gasteiger partial charge in [-0.15, -0.1) is 0 Å². The zero-order valence-electron chi connectivity index (χ0n) is 7.30. The Labute approximate surface area is 64.6 Å². The molecule has 0 amide bonds. The first kappa shape index (κ1) is 12.1. The van der Waals surface area contributed by atoms with E-state index in [4.69, 9.17) is 0 Å². The molecule has 0 saturated carbocycles. The Hall–Kier alpha value is -0.560. The van der Waals surface area contributed by atoms with Crippen molar-refractivity contribution in [2.75, 3.05) is 7.05 Å². The molecular weight excluding hydrogens is 122 g/mol. The number of hydrogen-bond acceptors (Lipinski definition) is 1. The molecule has 0 bridgehead atoms. The summed E-state index contributed by atoms with van der Waals surface area (Å²) in [7, 11) is 1.50. The van der Waals surface area contributed by atoms with Gasteiger partial charge in [0.15, 0.2) is 0 Å². The first-order valence-corrected chi connectivity index (χ1v) is 3.89. The van der Waals surface area contributed by atoms with Gasteiger partial charge in [0.05, 0.1) is 0 Å². The predicted molar refractivity (Wildman–Crippen MR) is 49.0 cm³/mol. The monoisotopic (exact) mass is 141 g/mol. The van der Waals surface area contributed by atoms with Crippen molar-refractivity contribution in [3.05, 3.63) is 24.3 Å². The summed E-state index contributed by atoms with van der Waals surface area (Å²) in [6.45, 7) is 4.00.